The molecular weight excluding hydrogens is 154 g/mol. The summed E-state index contributed by atoms with van der Waals surface area (Å²) in [4.78, 5) is 0.719. The maximum atomic E-state index is 5.65. The zero-order valence-electron chi connectivity index (χ0n) is 4.63. The maximum Gasteiger partial charge on any atom is 0.0540 e. The van der Waals surface area contributed by atoms with Crippen molar-refractivity contribution in [3.63, 3.8) is 0 Å². The van der Waals surface area contributed by atoms with Crippen molar-refractivity contribution in [2.75, 3.05) is 5.73 Å². The highest BCUT2D eigenvalue weighted by molar-refractivity contribution is 7.80. The van der Waals surface area contributed by atoms with Gasteiger partial charge in [-0.05, 0) is 18.2 Å². The zero-order chi connectivity index (χ0) is 6.85. The van der Waals surface area contributed by atoms with E-state index in [0.717, 1.165) is 4.90 Å². The van der Waals surface area contributed by atoms with Gasteiger partial charge in [-0.3, -0.25) is 0 Å². The third kappa shape index (κ3) is 1.53. The number of nitrogens with two attached hydrogens (primary N) is 1. The summed E-state index contributed by atoms with van der Waals surface area (Å²) in [5.74, 6) is 0. The minimum absolute atomic E-state index is 0.632. The van der Waals surface area contributed by atoms with Crippen molar-refractivity contribution in [1.82, 2.24) is 0 Å². The molecule has 1 aromatic rings. The van der Waals surface area contributed by atoms with Gasteiger partial charge in [-0.1, -0.05) is 11.6 Å². The van der Waals surface area contributed by atoms with Gasteiger partial charge in [0.2, 0.25) is 0 Å². The number of rotatable bonds is 0. The molecule has 1 aromatic carbocycles. The van der Waals surface area contributed by atoms with E-state index < -0.39 is 0 Å². The second kappa shape index (κ2) is 2.50. The molecule has 3 heteroatoms. The lowest BCUT2D eigenvalue weighted by atomic mass is 10.3. The van der Waals surface area contributed by atoms with Crippen LogP contribution in [0.5, 0.6) is 0 Å². The number of benzene rings is 1. The van der Waals surface area contributed by atoms with Crippen LogP contribution in [0.25, 0.3) is 0 Å². The Labute approximate surface area is 64.2 Å². The van der Waals surface area contributed by atoms with Crippen molar-refractivity contribution < 1.29 is 0 Å². The molecule has 0 aromatic heterocycles. The standard InChI is InChI=1S/C6H6ClNS/c7-5-2-1-4(8)3-6(5)9/h1-3,9H,8H2. The van der Waals surface area contributed by atoms with Crippen molar-refractivity contribution in [3.8, 4) is 0 Å². The number of anilines is 1. The Balaban J connectivity index is 3.17. The van der Waals surface area contributed by atoms with Gasteiger partial charge >= 0.3 is 0 Å². The Hall–Kier alpha value is -0.340. The van der Waals surface area contributed by atoms with E-state index in [9.17, 15) is 0 Å². The molecular formula is C6H6ClNS. The lowest BCUT2D eigenvalue weighted by molar-refractivity contribution is 1.48. The average Bonchev–Trinajstić information content (AvgIpc) is 1.80. The largest absolute Gasteiger partial charge is 0.399 e. The number of thiol groups is 1. The molecule has 9 heavy (non-hydrogen) atoms. The summed E-state index contributed by atoms with van der Waals surface area (Å²) < 4.78 is 0. The van der Waals surface area contributed by atoms with E-state index in [1.54, 1.807) is 18.2 Å². The quantitative estimate of drug-likeness (QED) is 0.441. The SMILES string of the molecule is Nc1ccc(Cl)c(S)c1. The molecule has 0 aliphatic carbocycles. The molecule has 0 amide bonds. The summed E-state index contributed by atoms with van der Waals surface area (Å²) in [7, 11) is 0. The molecule has 1 rings (SSSR count). The van der Waals surface area contributed by atoms with E-state index in [4.69, 9.17) is 17.3 Å². The minimum Gasteiger partial charge on any atom is -0.399 e. The fraction of sp³-hybridized carbons (Fsp3) is 0. The molecule has 0 atom stereocenters. The van der Waals surface area contributed by atoms with Gasteiger partial charge in [-0.15, -0.1) is 12.6 Å². The average molecular weight is 160 g/mol. The highest BCUT2D eigenvalue weighted by atomic mass is 35.5. The van der Waals surface area contributed by atoms with Crippen LogP contribution in [0.3, 0.4) is 0 Å². The summed E-state index contributed by atoms with van der Waals surface area (Å²) in [5.41, 5.74) is 6.10. The summed E-state index contributed by atoms with van der Waals surface area (Å²) in [6.07, 6.45) is 0. The molecule has 2 N–H and O–H groups in total. The van der Waals surface area contributed by atoms with Crippen molar-refractivity contribution in [3.05, 3.63) is 23.2 Å². The number of hydrogen-bond acceptors (Lipinski definition) is 2. The first-order valence-corrected chi connectivity index (χ1v) is 3.26. The van der Waals surface area contributed by atoms with Crippen LogP contribution in [0.4, 0.5) is 5.69 Å². The van der Waals surface area contributed by atoms with Crippen molar-refractivity contribution >= 4 is 29.9 Å². The lowest BCUT2D eigenvalue weighted by Gasteiger charge is -1.95. The van der Waals surface area contributed by atoms with Gasteiger partial charge in [0.05, 0.1) is 5.02 Å². The molecule has 0 aliphatic rings. The molecule has 48 valence electrons. The first-order valence-electron chi connectivity index (χ1n) is 2.44. The predicted molar refractivity (Wildman–Crippen MR) is 43.1 cm³/mol. The highest BCUT2D eigenvalue weighted by Gasteiger charge is 1.92. The van der Waals surface area contributed by atoms with Gasteiger partial charge in [-0.25, -0.2) is 0 Å². The van der Waals surface area contributed by atoms with Gasteiger partial charge in [0.25, 0.3) is 0 Å². The van der Waals surface area contributed by atoms with Gasteiger partial charge in [-0.2, -0.15) is 0 Å². The topological polar surface area (TPSA) is 26.0 Å². The third-order valence-corrected chi connectivity index (χ3v) is 1.80. The van der Waals surface area contributed by atoms with Gasteiger partial charge < -0.3 is 5.73 Å². The number of nitrogen functional groups attached to an aromatic ring is 1. The normalized spacial score (nSPS) is 9.56. The first-order chi connectivity index (χ1) is 4.20. The highest BCUT2D eigenvalue weighted by Crippen LogP contribution is 2.21. The molecule has 0 saturated heterocycles. The van der Waals surface area contributed by atoms with Crippen LogP contribution >= 0.6 is 24.2 Å². The van der Waals surface area contributed by atoms with Crippen LogP contribution in [-0.4, -0.2) is 0 Å². The molecule has 0 radical (unpaired) electrons. The number of hydrogen-bond donors (Lipinski definition) is 2. The number of halogens is 1. The molecule has 0 aliphatic heterocycles. The Morgan fingerprint density at radius 3 is 2.56 bits per heavy atom. The maximum absolute atomic E-state index is 5.65. The summed E-state index contributed by atoms with van der Waals surface area (Å²) in [6.45, 7) is 0. The first kappa shape index (κ1) is 6.78. The Morgan fingerprint density at radius 1 is 1.44 bits per heavy atom. The Bertz CT molecular complexity index is 224. The second-order valence-electron chi connectivity index (χ2n) is 1.71. The van der Waals surface area contributed by atoms with E-state index in [0.29, 0.717) is 10.7 Å². The summed E-state index contributed by atoms with van der Waals surface area (Å²) in [6, 6.07) is 5.17. The van der Waals surface area contributed by atoms with Gasteiger partial charge in [0.1, 0.15) is 0 Å². The van der Waals surface area contributed by atoms with Crippen LogP contribution in [0.1, 0.15) is 0 Å². The zero-order valence-corrected chi connectivity index (χ0v) is 6.28. The van der Waals surface area contributed by atoms with Crippen LogP contribution in [0.2, 0.25) is 5.02 Å². The molecule has 0 unspecified atom stereocenters. The Morgan fingerprint density at radius 2 is 2.11 bits per heavy atom. The molecule has 0 fully saturated rings. The van der Waals surface area contributed by atoms with E-state index in [1.807, 2.05) is 0 Å². The molecule has 0 saturated carbocycles. The monoisotopic (exact) mass is 159 g/mol. The fourth-order valence-electron chi connectivity index (χ4n) is 0.530. The predicted octanol–water partition coefficient (Wildman–Crippen LogP) is 2.21. The summed E-state index contributed by atoms with van der Waals surface area (Å²) >= 11 is 9.70. The van der Waals surface area contributed by atoms with Crippen LogP contribution in [0.15, 0.2) is 23.1 Å². The third-order valence-electron chi connectivity index (χ3n) is 0.970. The Kier molecular flexibility index (Phi) is 1.88. The van der Waals surface area contributed by atoms with Gasteiger partial charge in [0.15, 0.2) is 0 Å². The van der Waals surface area contributed by atoms with Crippen molar-refractivity contribution in [2.24, 2.45) is 0 Å². The molecule has 0 spiro atoms. The van der Waals surface area contributed by atoms with Crippen LogP contribution < -0.4 is 5.73 Å². The molecule has 1 nitrogen and oxygen atoms in total. The van der Waals surface area contributed by atoms with Crippen LogP contribution in [0, 0.1) is 0 Å². The van der Waals surface area contributed by atoms with E-state index in [-0.39, 0.29) is 0 Å². The van der Waals surface area contributed by atoms with Crippen molar-refractivity contribution in [1.29, 1.82) is 0 Å². The van der Waals surface area contributed by atoms with Crippen molar-refractivity contribution in [2.45, 2.75) is 4.90 Å². The lowest BCUT2D eigenvalue weighted by Crippen LogP contribution is -1.82. The second-order valence-corrected chi connectivity index (χ2v) is 2.60. The fourth-order valence-corrected chi connectivity index (χ4v) is 0.871. The summed E-state index contributed by atoms with van der Waals surface area (Å²) in [5, 5.41) is 0.632. The molecule has 0 heterocycles. The van der Waals surface area contributed by atoms with E-state index >= 15 is 0 Å². The van der Waals surface area contributed by atoms with E-state index in [1.165, 1.54) is 0 Å². The molecule has 0 bridgehead atoms. The van der Waals surface area contributed by atoms with Crippen LogP contribution in [-0.2, 0) is 0 Å². The van der Waals surface area contributed by atoms with E-state index in [2.05, 4.69) is 12.6 Å². The smallest absolute Gasteiger partial charge is 0.0540 e. The van der Waals surface area contributed by atoms with Gasteiger partial charge in [0, 0.05) is 10.6 Å². The minimum atomic E-state index is 0.632.